The van der Waals surface area contributed by atoms with Crippen LogP contribution in [0.5, 0.6) is 0 Å². The molecule has 2 N–H and O–H groups in total. The average Bonchev–Trinajstić information content (AvgIpc) is 3.11. The van der Waals surface area contributed by atoms with Gasteiger partial charge in [-0.1, -0.05) is 11.3 Å². The zero-order valence-electron chi connectivity index (χ0n) is 15.5. The summed E-state index contributed by atoms with van der Waals surface area (Å²) in [5.41, 5.74) is 5.92. The van der Waals surface area contributed by atoms with Gasteiger partial charge in [0.05, 0.1) is 23.1 Å². The first-order valence-corrected chi connectivity index (χ1v) is 9.36. The monoisotopic (exact) mass is 412 g/mol. The maximum absolute atomic E-state index is 12.5. The minimum absolute atomic E-state index is 0.00241. The molecule has 0 spiro atoms. The van der Waals surface area contributed by atoms with Crippen molar-refractivity contribution in [2.75, 3.05) is 12.3 Å². The van der Waals surface area contributed by atoms with Crippen molar-refractivity contribution in [2.45, 2.75) is 51.7 Å². The molecular weight excluding hydrogens is 392 g/mol. The molecule has 2 aromatic rings. The van der Waals surface area contributed by atoms with E-state index < -0.39 is 30.6 Å². The highest BCUT2D eigenvalue weighted by Crippen LogP contribution is 2.33. The van der Waals surface area contributed by atoms with Gasteiger partial charge in [0.25, 0.3) is 0 Å². The van der Waals surface area contributed by atoms with Gasteiger partial charge in [-0.15, -0.1) is 0 Å². The van der Waals surface area contributed by atoms with E-state index in [1.165, 1.54) is 17.7 Å². The normalized spacial score (nSPS) is 21.8. The first-order chi connectivity index (χ1) is 13.2. The second kappa shape index (κ2) is 8.10. The van der Waals surface area contributed by atoms with Crippen molar-refractivity contribution in [1.82, 2.24) is 14.5 Å². The molecule has 0 amide bonds. The summed E-state index contributed by atoms with van der Waals surface area (Å²) in [6.45, 7) is 4.53. The molecule has 0 radical (unpaired) electrons. The SMILES string of the molecule is CC(=O)O[C@@H]1CC(COC(=O)OC(C)C)O[C@H]1n1c(=O)sc2cnc(N)nc21. The van der Waals surface area contributed by atoms with E-state index in [0.29, 0.717) is 4.70 Å². The maximum atomic E-state index is 12.5. The van der Waals surface area contributed by atoms with Crippen molar-refractivity contribution >= 4 is 39.8 Å². The van der Waals surface area contributed by atoms with Crippen LogP contribution in [-0.4, -0.2) is 51.6 Å². The topological polar surface area (TPSA) is 145 Å². The summed E-state index contributed by atoms with van der Waals surface area (Å²) in [5.74, 6) is -0.529. The highest BCUT2D eigenvalue weighted by Gasteiger charge is 2.41. The minimum Gasteiger partial charge on any atom is -0.458 e. The average molecular weight is 412 g/mol. The molecule has 0 saturated carbocycles. The number of carbonyl (C=O) groups excluding carboxylic acids is 2. The molecule has 3 atom stereocenters. The first-order valence-electron chi connectivity index (χ1n) is 8.54. The first kappa shape index (κ1) is 20.0. The van der Waals surface area contributed by atoms with Crippen LogP contribution in [0.4, 0.5) is 10.7 Å². The second-order valence-electron chi connectivity index (χ2n) is 6.41. The lowest BCUT2D eigenvalue weighted by Crippen LogP contribution is -2.30. The number of carbonyl (C=O) groups is 2. The van der Waals surface area contributed by atoms with Gasteiger partial charge in [0.1, 0.15) is 12.7 Å². The van der Waals surface area contributed by atoms with Crippen LogP contribution in [0.1, 0.15) is 33.4 Å². The molecule has 2 aromatic heterocycles. The van der Waals surface area contributed by atoms with E-state index in [1.54, 1.807) is 13.8 Å². The Balaban J connectivity index is 1.83. The number of ether oxygens (including phenoxy) is 4. The highest BCUT2D eigenvalue weighted by atomic mass is 32.1. The van der Waals surface area contributed by atoms with Crippen molar-refractivity contribution < 1.29 is 28.5 Å². The van der Waals surface area contributed by atoms with E-state index >= 15 is 0 Å². The fraction of sp³-hybridized carbons (Fsp3) is 0.562. The molecule has 1 saturated heterocycles. The molecule has 3 heterocycles. The summed E-state index contributed by atoms with van der Waals surface area (Å²) in [4.78, 5) is 43.2. The van der Waals surface area contributed by atoms with E-state index in [4.69, 9.17) is 24.7 Å². The molecule has 11 nitrogen and oxygen atoms in total. The molecule has 0 aliphatic carbocycles. The Morgan fingerprint density at radius 2 is 2.21 bits per heavy atom. The smallest absolute Gasteiger partial charge is 0.458 e. The summed E-state index contributed by atoms with van der Waals surface area (Å²) in [6, 6.07) is 0. The van der Waals surface area contributed by atoms with E-state index in [9.17, 15) is 14.4 Å². The van der Waals surface area contributed by atoms with E-state index in [0.717, 1.165) is 11.3 Å². The third kappa shape index (κ3) is 4.39. The summed E-state index contributed by atoms with van der Waals surface area (Å²) < 4.78 is 22.9. The Hall–Kier alpha value is -2.73. The molecule has 12 heteroatoms. The van der Waals surface area contributed by atoms with E-state index in [2.05, 4.69) is 9.97 Å². The van der Waals surface area contributed by atoms with Crippen LogP contribution >= 0.6 is 11.3 Å². The Bertz CT molecular complexity index is 941. The molecule has 1 unspecified atom stereocenters. The number of hydrogen-bond acceptors (Lipinski definition) is 11. The van der Waals surface area contributed by atoms with Gasteiger partial charge in [-0.2, -0.15) is 4.98 Å². The van der Waals surface area contributed by atoms with Crippen LogP contribution < -0.4 is 10.6 Å². The number of esters is 1. The van der Waals surface area contributed by atoms with Crippen LogP contribution in [0.2, 0.25) is 0 Å². The molecule has 1 aliphatic heterocycles. The molecule has 0 bridgehead atoms. The molecular formula is C16H20N4O7S. The van der Waals surface area contributed by atoms with Gasteiger partial charge in [0.15, 0.2) is 11.9 Å². The van der Waals surface area contributed by atoms with Crippen molar-refractivity contribution in [3.63, 3.8) is 0 Å². The lowest BCUT2D eigenvalue weighted by atomic mass is 10.2. The number of nitrogens with zero attached hydrogens (tertiary/aromatic N) is 3. The molecule has 3 rings (SSSR count). The number of anilines is 1. The van der Waals surface area contributed by atoms with E-state index in [1.807, 2.05) is 0 Å². The predicted molar refractivity (Wildman–Crippen MR) is 97.7 cm³/mol. The third-order valence-electron chi connectivity index (χ3n) is 3.81. The lowest BCUT2D eigenvalue weighted by Gasteiger charge is -2.19. The highest BCUT2D eigenvalue weighted by molar-refractivity contribution is 7.16. The summed E-state index contributed by atoms with van der Waals surface area (Å²) in [5, 5.41) is 0. The third-order valence-corrected chi connectivity index (χ3v) is 4.69. The van der Waals surface area contributed by atoms with Gasteiger partial charge in [-0.3, -0.25) is 14.2 Å². The van der Waals surface area contributed by atoms with Gasteiger partial charge in [0.2, 0.25) is 5.95 Å². The maximum Gasteiger partial charge on any atom is 0.508 e. The van der Waals surface area contributed by atoms with Crippen LogP contribution in [0.15, 0.2) is 11.0 Å². The van der Waals surface area contributed by atoms with Crippen molar-refractivity contribution in [1.29, 1.82) is 0 Å². The molecule has 1 fully saturated rings. The molecule has 152 valence electrons. The van der Waals surface area contributed by atoms with Gasteiger partial charge < -0.3 is 24.7 Å². The van der Waals surface area contributed by atoms with Gasteiger partial charge in [-0.25, -0.2) is 9.78 Å². The van der Waals surface area contributed by atoms with Crippen LogP contribution in [0, 0.1) is 0 Å². The molecule has 1 aliphatic rings. The minimum atomic E-state index is -0.936. The van der Waals surface area contributed by atoms with Crippen LogP contribution in [0.3, 0.4) is 0 Å². The molecule has 28 heavy (non-hydrogen) atoms. The Kier molecular flexibility index (Phi) is 5.79. The number of fused-ring (bicyclic) bond motifs is 1. The Morgan fingerprint density at radius 3 is 2.89 bits per heavy atom. The fourth-order valence-corrected chi connectivity index (χ4v) is 3.65. The number of rotatable bonds is 5. The quantitative estimate of drug-likeness (QED) is 0.711. The standard InChI is InChI=1S/C16H20N4O7S/c1-7(2)25-16(23)24-6-9-4-10(26-8(3)21)13(27-9)20-12-11(28-15(20)22)5-18-14(17)19-12/h5,7,9-10,13H,4,6H2,1-3H3,(H2,17,18,19)/t9?,10-,13-/m1/s1. The van der Waals surface area contributed by atoms with Crippen molar-refractivity contribution in [2.24, 2.45) is 0 Å². The van der Waals surface area contributed by atoms with Crippen LogP contribution in [-0.2, 0) is 23.7 Å². The number of nitrogens with two attached hydrogens (primary N) is 1. The van der Waals surface area contributed by atoms with Gasteiger partial charge >= 0.3 is 17.0 Å². The van der Waals surface area contributed by atoms with E-state index in [-0.39, 0.29) is 35.6 Å². The number of aromatic nitrogens is 3. The predicted octanol–water partition coefficient (Wildman–Crippen LogP) is 1.22. The summed E-state index contributed by atoms with van der Waals surface area (Å²) in [6.07, 6.45) is -1.78. The Morgan fingerprint density at radius 1 is 1.46 bits per heavy atom. The molecule has 0 aromatic carbocycles. The number of hydrogen-bond donors (Lipinski definition) is 1. The zero-order valence-corrected chi connectivity index (χ0v) is 16.3. The summed E-state index contributed by atoms with van der Waals surface area (Å²) >= 11 is 0.923. The van der Waals surface area contributed by atoms with Crippen LogP contribution in [0.25, 0.3) is 10.3 Å². The number of thiazole rings is 1. The lowest BCUT2D eigenvalue weighted by molar-refractivity contribution is -0.152. The number of nitrogen functional groups attached to an aromatic ring is 1. The van der Waals surface area contributed by atoms with Gasteiger partial charge in [0, 0.05) is 13.3 Å². The fourth-order valence-electron chi connectivity index (χ4n) is 2.83. The van der Waals surface area contributed by atoms with Gasteiger partial charge in [-0.05, 0) is 13.8 Å². The Labute approximate surface area is 163 Å². The largest absolute Gasteiger partial charge is 0.508 e. The van der Waals surface area contributed by atoms with Crippen molar-refractivity contribution in [3.05, 3.63) is 15.9 Å². The van der Waals surface area contributed by atoms with Crippen molar-refractivity contribution in [3.8, 4) is 0 Å². The zero-order chi connectivity index (χ0) is 20.4. The second-order valence-corrected chi connectivity index (χ2v) is 7.41. The summed E-state index contributed by atoms with van der Waals surface area (Å²) in [7, 11) is 0.